The second-order valence-corrected chi connectivity index (χ2v) is 4.62. The first kappa shape index (κ1) is 13.4. The minimum absolute atomic E-state index is 0.176. The number of benzene rings is 1. The Morgan fingerprint density at radius 3 is 2.06 bits per heavy atom. The molecule has 3 nitrogen and oxygen atoms in total. The fraction of sp³-hybridized carbons (Fsp3) is 0.538. The molecule has 0 aromatic heterocycles. The minimum Gasteiger partial charge on any atom is -0.395 e. The molecule has 1 N–H and O–H groups in total. The standard InChI is InChI=1S/C13H18F2N2O/c14-12-7-11(8-13(15)9-12)10-17-3-1-16(2-4-17)5-6-18/h7-9,18H,1-6,10H2. The lowest BCUT2D eigenvalue weighted by Gasteiger charge is -2.34. The summed E-state index contributed by atoms with van der Waals surface area (Å²) in [6, 6.07) is 3.65. The number of nitrogens with zero attached hydrogens (tertiary/aromatic N) is 2. The number of piperazine rings is 1. The Bertz CT molecular complexity index is 372. The lowest BCUT2D eigenvalue weighted by Crippen LogP contribution is -2.46. The van der Waals surface area contributed by atoms with Crippen LogP contribution in [-0.4, -0.2) is 54.2 Å². The van der Waals surface area contributed by atoms with E-state index in [4.69, 9.17) is 5.11 Å². The van der Waals surface area contributed by atoms with Crippen molar-refractivity contribution in [1.82, 2.24) is 9.80 Å². The van der Waals surface area contributed by atoms with Gasteiger partial charge in [-0.1, -0.05) is 0 Å². The minimum atomic E-state index is -0.524. The maximum Gasteiger partial charge on any atom is 0.126 e. The van der Waals surface area contributed by atoms with Crippen molar-refractivity contribution in [1.29, 1.82) is 0 Å². The van der Waals surface area contributed by atoms with Crippen molar-refractivity contribution in [2.45, 2.75) is 6.54 Å². The van der Waals surface area contributed by atoms with E-state index in [0.29, 0.717) is 18.7 Å². The van der Waals surface area contributed by atoms with Gasteiger partial charge in [-0.15, -0.1) is 0 Å². The van der Waals surface area contributed by atoms with Crippen molar-refractivity contribution in [2.24, 2.45) is 0 Å². The molecular formula is C13H18F2N2O. The molecule has 18 heavy (non-hydrogen) atoms. The molecule has 1 fully saturated rings. The van der Waals surface area contributed by atoms with E-state index in [1.54, 1.807) is 0 Å². The first-order valence-electron chi connectivity index (χ1n) is 6.18. The average Bonchev–Trinajstić information content (AvgIpc) is 2.31. The zero-order valence-electron chi connectivity index (χ0n) is 10.3. The van der Waals surface area contributed by atoms with Gasteiger partial charge < -0.3 is 5.11 Å². The Morgan fingerprint density at radius 1 is 0.944 bits per heavy atom. The molecule has 1 aliphatic heterocycles. The second-order valence-electron chi connectivity index (χ2n) is 4.62. The lowest BCUT2D eigenvalue weighted by atomic mass is 10.2. The van der Waals surface area contributed by atoms with Gasteiger partial charge in [0, 0.05) is 45.3 Å². The van der Waals surface area contributed by atoms with E-state index in [2.05, 4.69) is 9.80 Å². The number of aliphatic hydroxyl groups excluding tert-OH is 1. The maximum absolute atomic E-state index is 13.1. The van der Waals surface area contributed by atoms with Crippen LogP contribution in [-0.2, 0) is 6.54 Å². The predicted octanol–water partition coefficient (Wildman–Crippen LogP) is 1.07. The van der Waals surface area contributed by atoms with Gasteiger partial charge in [0.1, 0.15) is 11.6 Å². The van der Waals surface area contributed by atoms with E-state index in [0.717, 1.165) is 32.2 Å². The molecule has 0 aliphatic carbocycles. The summed E-state index contributed by atoms with van der Waals surface area (Å²) in [6.45, 7) is 4.94. The highest BCUT2D eigenvalue weighted by molar-refractivity contribution is 5.17. The molecule has 5 heteroatoms. The quantitative estimate of drug-likeness (QED) is 0.873. The van der Waals surface area contributed by atoms with Crippen molar-refractivity contribution in [2.75, 3.05) is 39.3 Å². The van der Waals surface area contributed by atoms with Gasteiger partial charge in [-0.05, 0) is 17.7 Å². The van der Waals surface area contributed by atoms with Crippen LogP contribution >= 0.6 is 0 Å². The first-order chi connectivity index (χ1) is 8.67. The third kappa shape index (κ3) is 3.73. The highest BCUT2D eigenvalue weighted by Crippen LogP contribution is 2.12. The largest absolute Gasteiger partial charge is 0.395 e. The van der Waals surface area contributed by atoms with Crippen molar-refractivity contribution in [3.05, 3.63) is 35.4 Å². The maximum atomic E-state index is 13.1. The van der Waals surface area contributed by atoms with E-state index in [9.17, 15) is 8.78 Å². The van der Waals surface area contributed by atoms with E-state index < -0.39 is 11.6 Å². The van der Waals surface area contributed by atoms with E-state index in [-0.39, 0.29) is 6.61 Å². The summed E-state index contributed by atoms with van der Waals surface area (Å²) in [7, 11) is 0. The van der Waals surface area contributed by atoms with Crippen LogP contribution in [0.5, 0.6) is 0 Å². The van der Waals surface area contributed by atoms with Gasteiger partial charge in [0.15, 0.2) is 0 Å². The SMILES string of the molecule is OCCN1CCN(Cc2cc(F)cc(F)c2)CC1. The first-order valence-corrected chi connectivity index (χ1v) is 6.18. The highest BCUT2D eigenvalue weighted by Gasteiger charge is 2.16. The van der Waals surface area contributed by atoms with E-state index in [1.165, 1.54) is 12.1 Å². The molecule has 0 radical (unpaired) electrons. The third-order valence-electron chi connectivity index (χ3n) is 3.21. The molecule has 100 valence electrons. The Kier molecular flexibility index (Phi) is 4.63. The zero-order valence-corrected chi connectivity index (χ0v) is 10.3. The fourth-order valence-corrected chi connectivity index (χ4v) is 2.27. The van der Waals surface area contributed by atoms with Crippen LogP contribution < -0.4 is 0 Å². The molecule has 0 unspecified atom stereocenters. The summed E-state index contributed by atoms with van der Waals surface area (Å²) < 4.78 is 26.1. The fourth-order valence-electron chi connectivity index (χ4n) is 2.27. The van der Waals surface area contributed by atoms with Crippen molar-refractivity contribution >= 4 is 0 Å². The summed E-state index contributed by atoms with van der Waals surface area (Å²) in [5, 5.41) is 8.84. The molecule has 0 spiro atoms. The number of β-amino-alcohol motifs (C(OH)–C–C–N with tert-alkyl or cyclic N) is 1. The summed E-state index contributed by atoms with van der Waals surface area (Å²) in [4.78, 5) is 4.35. The molecule has 0 saturated carbocycles. The predicted molar refractivity (Wildman–Crippen MR) is 65.2 cm³/mol. The summed E-state index contributed by atoms with van der Waals surface area (Å²) in [5.41, 5.74) is 0.670. The molecule has 0 atom stereocenters. The number of hydrogen-bond donors (Lipinski definition) is 1. The Balaban J connectivity index is 1.87. The monoisotopic (exact) mass is 256 g/mol. The molecule has 1 aliphatic rings. The van der Waals surface area contributed by atoms with Gasteiger partial charge in [0.2, 0.25) is 0 Å². The Hall–Kier alpha value is -1.04. The number of hydrogen-bond acceptors (Lipinski definition) is 3. The summed E-state index contributed by atoms with van der Waals surface area (Å²) in [6.07, 6.45) is 0. The van der Waals surface area contributed by atoms with Crippen LogP contribution in [0.4, 0.5) is 8.78 Å². The normalized spacial score (nSPS) is 18.2. The van der Waals surface area contributed by atoms with E-state index >= 15 is 0 Å². The third-order valence-corrected chi connectivity index (χ3v) is 3.21. The molecule has 1 aromatic rings. The van der Waals surface area contributed by atoms with Gasteiger partial charge in [-0.25, -0.2) is 8.78 Å². The van der Waals surface area contributed by atoms with Crippen LogP contribution in [0.1, 0.15) is 5.56 Å². The molecule has 1 saturated heterocycles. The van der Waals surface area contributed by atoms with Gasteiger partial charge in [-0.3, -0.25) is 9.80 Å². The van der Waals surface area contributed by atoms with Gasteiger partial charge in [-0.2, -0.15) is 0 Å². The van der Waals surface area contributed by atoms with Gasteiger partial charge >= 0.3 is 0 Å². The van der Waals surface area contributed by atoms with Gasteiger partial charge in [0.25, 0.3) is 0 Å². The van der Waals surface area contributed by atoms with Crippen LogP contribution in [0, 0.1) is 11.6 Å². The molecular weight excluding hydrogens is 238 g/mol. The Labute approximate surface area is 106 Å². The van der Waals surface area contributed by atoms with Crippen LogP contribution in [0.15, 0.2) is 18.2 Å². The van der Waals surface area contributed by atoms with E-state index in [1.807, 2.05) is 0 Å². The average molecular weight is 256 g/mol. The molecule has 0 bridgehead atoms. The summed E-state index contributed by atoms with van der Waals surface area (Å²) >= 11 is 0. The number of rotatable bonds is 4. The van der Waals surface area contributed by atoms with Crippen LogP contribution in [0.25, 0.3) is 0 Å². The number of aliphatic hydroxyl groups is 1. The van der Waals surface area contributed by atoms with Crippen LogP contribution in [0.3, 0.4) is 0 Å². The van der Waals surface area contributed by atoms with Gasteiger partial charge in [0.05, 0.1) is 6.61 Å². The van der Waals surface area contributed by atoms with Crippen molar-refractivity contribution in [3.63, 3.8) is 0 Å². The topological polar surface area (TPSA) is 26.7 Å². The van der Waals surface area contributed by atoms with Crippen molar-refractivity contribution < 1.29 is 13.9 Å². The lowest BCUT2D eigenvalue weighted by molar-refractivity contribution is 0.108. The van der Waals surface area contributed by atoms with Crippen LogP contribution in [0.2, 0.25) is 0 Å². The highest BCUT2D eigenvalue weighted by atomic mass is 19.1. The second kappa shape index (κ2) is 6.22. The van der Waals surface area contributed by atoms with Crippen molar-refractivity contribution in [3.8, 4) is 0 Å². The Morgan fingerprint density at radius 2 is 1.50 bits per heavy atom. The smallest absolute Gasteiger partial charge is 0.126 e. The molecule has 1 heterocycles. The zero-order chi connectivity index (χ0) is 13.0. The molecule has 0 amide bonds. The molecule has 2 rings (SSSR count). The molecule has 1 aromatic carbocycles. The number of halogens is 2. The summed E-state index contributed by atoms with van der Waals surface area (Å²) in [5.74, 6) is -1.05.